The molecular formula is C20H23N3O2. The Morgan fingerprint density at radius 2 is 2.04 bits per heavy atom. The van der Waals surface area contributed by atoms with E-state index in [0.29, 0.717) is 12.3 Å². The van der Waals surface area contributed by atoms with Gasteiger partial charge in [0.1, 0.15) is 0 Å². The molecule has 0 aliphatic heterocycles. The van der Waals surface area contributed by atoms with E-state index in [1.54, 1.807) is 19.4 Å². The van der Waals surface area contributed by atoms with Crippen LogP contribution < -0.4 is 10.9 Å². The van der Waals surface area contributed by atoms with Gasteiger partial charge in [0, 0.05) is 42.7 Å². The number of nitrogens with one attached hydrogen (secondary N) is 2. The summed E-state index contributed by atoms with van der Waals surface area (Å²) >= 11 is 0. The maximum Gasteiger partial charge on any atom is 0.251 e. The highest BCUT2D eigenvalue weighted by Gasteiger charge is 2.26. The van der Waals surface area contributed by atoms with Gasteiger partial charge in [-0.15, -0.1) is 0 Å². The fourth-order valence-corrected chi connectivity index (χ4v) is 2.91. The fourth-order valence-electron chi connectivity index (χ4n) is 2.91. The van der Waals surface area contributed by atoms with Gasteiger partial charge in [-0.2, -0.15) is 0 Å². The van der Waals surface area contributed by atoms with Gasteiger partial charge in [0.15, 0.2) is 0 Å². The van der Waals surface area contributed by atoms with Crippen LogP contribution in [0.15, 0.2) is 47.5 Å². The van der Waals surface area contributed by atoms with Crippen molar-refractivity contribution in [2.75, 3.05) is 7.05 Å². The molecule has 2 heterocycles. The van der Waals surface area contributed by atoms with Crippen LogP contribution in [0.25, 0.3) is 5.57 Å². The van der Waals surface area contributed by atoms with Crippen LogP contribution in [0.1, 0.15) is 54.8 Å². The summed E-state index contributed by atoms with van der Waals surface area (Å²) in [5.74, 6) is 0.472. The van der Waals surface area contributed by atoms with Crippen molar-refractivity contribution in [2.24, 2.45) is 0 Å². The van der Waals surface area contributed by atoms with Crippen LogP contribution in [0.3, 0.4) is 0 Å². The molecule has 0 saturated heterocycles. The summed E-state index contributed by atoms with van der Waals surface area (Å²) in [5, 5.41) is 2.63. The second kappa shape index (κ2) is 7.92. The number of carbonyl (C=O) groups excluding carboxylic acids is 1. The molecule has 5 heteroatoms. The van der Waals surface area contributed by atoms with Crippen LogP contribution in [0.5, 0.6) is 0 Å². The van der Waals surface area contributed by atoms with Crippen LogP contribution in [-0.4, -0.2) is 22.9 Å². The van der Waals surface area contributed by atoms with E-state index in [0.717, 1.165) is 48.1 Å². The zero-order chi connectivity index (χ0) is 17.6. The van der Waals surface area contributed by atoms with Gasteiger partial charge in [0.2, 0.25) is 5.91 Å². The number of aromatic nitrogens is 2. The van der Waals surface area contributed by atoms with Gasteiger partial charge in [0.25, 0.3) is 5.56 Å². The second-order valence-electron chi connectivity index (χ2n) is 6.35. The van der Waals surface area contributed by atoms with E-state index in [9.17, 15) is 9.59 Å². The molecule has 2 N–H and O–H groups in total. The molecule has 2 aromatic rings. The van der Waals surface area contributed by atoms with Gasteiger partial charge in [-0.3, -0.25) is 14.6 Å². The lowest BCUT2D eigenvalue weighted by Crippen LogP contribution is -2.16. The predicted octanol–water partition coefficient (Wildman–Crippen LogP) is 3.00. The molecule has 2 aromatic heterocycles. The molecule has 0 spiro atoms. The average molecular weight is 337 g/mol. The van der Waals surface area contributed by atoms with E-state index in [-0.39, 0.29) is 11.5 Å². The second-order valence-corrected chi connectivity index (χ2v) is 6.35. The van der Waals surface area contributed by atoms with E-state index in [1.807, 2.05) is 24.3 Å². The normalized spacial score (nSPS) is 14.4. The molecule has 1 amide bonds. The number of carbonyl (C=O) groups is 1. The van der Waals surface area contributed by atoms with Crippen molar-refractivity contribution >= 4 is 11.5 Å². The monoisotopic (exact) mass is 337 g/mol. The van der Waals surface area contributed by atoms with Crippen molar-refractivity contribution in [2.45, 2.75) is 38.0 Å². The summed E-state index contributed by atoms with van der Waals surface area (Å²) in [6, 6.07) is 7.79. The smallest absolute Gasteiger partial charge is 0.251 e. The maximum atomic E-state index is 12.4. The predicted molar refractivity (Wildman–Crippen MR) is 98.3 cm³/mol. The first-order valence-corrected chi connectivity index (χ1v) is 8.73. The lowest BCUT2D eigenvalue weighted by molar-refractivity contribution is -0.120. The molecule has 1 fully saturated rings. The minimum absolute atomic E-state index is 0.00492. The molecular weight excluding hydrogens is 314 g/mol. The molecule has 0 bridgehead atoms. The summed E-state index contributed by atoms with van der Waals surface area (Å²) in [6.07, 6.45) is 9.79. The number of amides is 1. The van der Waals surface area contributed by atoms with Crippen molar-refractivity contribution in [1.82, 2.24) is 15.3 Å². The Bertz CT molecular complexity index is 820. The number of nitrogens with zero attached hydrogens (tertiary/aromatic N) is 1. The van der Waals surface area contributed by atoms with Crippen molar-refractivity contribution in [3.63, 3.8) is 0 Å². The topological polar surface area (TPSA) is 74.8 Å². The Hall–Kier alpha value is -2.69. The summed E-state index contributed by atoms with van der Waals surface area (Å²) in [4.78, 5) is 30.8. The molecule has 0 radical (unpaired) electrons. The number of pyridine rings is 2. The Morgan fingerprint density at radius 1 is 1.28 bits per heavy atom. The summed E-state index contributed by atoms with van der Waals surface area (Å²) in [6.45, 7) is 0. The number of aromatic amines is 1. The number of H-pyrrole nitrogens is 1. The number of unbranched alkanes of at least 4 members (excludes halogenated alkanes) is 1. The van der Waals surface area contributed by atoms with E-state index < -0.39 is 0 Å². The zero-order valence-electron chi connectivity index (χ0n) is 14.4. The highest BCUT2D eigenvalue weighted by atomic mass is 16.1. The van der Waals surface area contributed by atoms with Crippen molar-refractivity contribution < 1.29 is 4.79 Å². The first-order chi connectivity index (χ1) is 12.2. The van der Waals surface area contributed by atoms with Gasteiger partial charge in [0.05, 0.1) is 0 Å². The van der Waals surface area contributed by atoms with Crippen LogP contribution in [-0.2, 0) is 4.79 Å². The van der Waals surface area contributed by atoms with Gasteiger partial charge in [-0.05, 0) is 55.4 Å². The SMILES string of the molecule is CNC(=O)CCC/C=C(\c1ccncc1)c1ccc(C2CC2)c(=O)[nH]1. The molecule has 1 saturated carbocycles. The Kier molecular flexibility index (Phi) is 5.43. The van der Waals surface area contributed by atoms with Crippen molar-refractivity contribution in [3.8, 4) is 0 Å². The van der Waals surface area contributed by atoms with Crippen LogP contribution in [0, 0.1) is 0 Å². The van der Waals surface area contributed by atoms with Crippen LogP contribution in [0.2, 0.25) is 0 Å². The van der Waals surface area contributed by atoms with Crippen molar-refractivity contribution in [3.05, 3.63) is 69.9 Å². The lowest BCUT2D eigenvalue weighted by atomic mass is 10.00. The van der Waals surface area contributed by atoms with Crippen molar-refractivity contribution in [1.29, 1.82) is 0 Å². The molecule has 5 nitrogen and oxygen atoms in total. The first-order valence-electron chi connectivity index (χ1n) is 8.73. The van der Waals surface area contributed by atoms with Gasteiger partial charge in [-0.1, -0.05) is 12.1 Å². The highest BCUT2D eigenvalue weighted by molar-refractivity contribution is 5.78. The summed E-state index contributed by atoms with van der Waals surface area (Å²) in [7, 11) is 1.65. The quantitative estimate of drug-likeness (QED) is 0.763. The molecule has 3 rings (SSSR count). The van der Waals surface area contributed by atoms with Crippen LogP contribution >= 0.6 is 0 Å². The molecule has 0 aromatic carbocycles. The zero-order valence-corrected chi connectivity index (χ0v) is 14.4. The van der Waals surface area contributed by atoms with Gasteiger partial charge >= 0.3 is 0 Å². The van der Waals surface area contributed by atoms with E-state index in [2.05, 4.69) is 21.4 Å². The minimum Gasteiger partial charge on any atom is -0.359 e. The van der Waals surface area contributed by atoms with Crippen LogP contribution in [0.4, 0.5) is 0 Å². The third kappa shape index (κ3) is 4.44. The Balaban J connectivity index is 1.85. The average Bonchev–Trinajstić information content (AvgIpc) is 3.47. The third-order valence-corrected chi connectivity index (χ3v) is 4.47. The number of hydrogen-bond donors (Lipinski definition) is 2. The Morgan fingerprint density at radius 3 is 2.68 bits per heavy atom. The summed E-state index contributed by atoms with van der Waals surface area (Å²) < 4.78 is 0. The maximum absolute atomic E-state index is 12.4. The molecule has 130 valence electrons. The third-order valence-electron chi connectivity index (χ3n) is 4.47. The largest absolute Gasteiger partial charge is 0.359 e. The molecule has 0 unspecified atom stereocenters. The number of allylic oxidation sites excluding steroid dienone is 1. The van der Waals surface area contributed by atoms with Gasteiger partial charge < -0.3 is 10.3 Å². The van der Waals surface area contributed by atoms with E-state index >= 15 is 0 Å². The standard InChI is InChI=1S/C20H23N3O2/c1-21-19(24)5-3-2-4-16(15-10-12-22-13-11-15)18-9-8-17(14-6-7-14)20(25)23-18/h4,8-14H,2-3,5-7H2,1H3,(H,21,24)(H,23,25)/b16-4+. The summed E-state index contributed by atoms with van der Waals surface area (Å²) in [5.41, 5.74) is 3.67. The molecule has 25 heavy (non-hydrogen) atoms. The molecule has 1 aliphatic carbocycles. The van der Waals surface area contributed by atoms with Gasteiger partial charge in [-0.25, -0.2) is 0 Å². The fraction of sp³-hybridized carbons (Fsp3) is 0.350. The highest BCUT2D eigenvalue weighted by Crippen LogP contribution is 2.38. The molecule has 1 aliphatic rings. The number of hydrogen-bond acceptors (Lipinski definition) is 3. The first kappa shape index (κ1) is 17.1. The van der Waals surface area contributed by atoms with E-state index in [1.165, 1.54) is 0 Å². The number of rotatable bonds is 7. The minimum atomic E-state index is 0.00492. The molecule has 0 atom stereocenters. The van der Waals surface area contributed by atoms with E-state index in [4.69, 9.17) is 0 Å². The lowest BCUT2D eigenvalue weighted by Gasteiger charge is -2.09. The Labute approximate surface area is 147 Å².